The van der Waals surface area contributed by atoms with Crippen molar-refractivity contribution in [1.82, 2.24) is 4.98 Å². The molecule has 3 aromatic rings. The quantitative estimate of drug-likeness (QED) is 0.734. The molecule has 0 amide bonds. The molecule has 1 aliphatic rings. The maximum Gasteiger partial charge on any atom is 0.238 e. The second kappa shape index (κ2) is 6.75. The molecule has 1 unspecified atom stereocenters. The molecule has 1 N–H and O–H groups in total. The van der Waals surface area contributed by atoms with Gasteiger partial charge in [0.05, 0.1) is 17.4 Å². The van der Waals surface area contributed by atoms with Crippen LogP contribution in [0.4, 0.5) is 14.5 Å². The second-order valence-electron chi connectivity index (χ2n) is 6.52. The number of ether oxygens (including phenoxy) is 1. The molecule has 0 spiro atoms. The fourth-order valence-corrected chi connectivity index (χ4v) is 3.08. The molecule has 0 bridgehead atoms. The summed E-state index contributed by atoms with van der Waals surface area (Å²) >= 11 is 0. The fourth-order valence-electron chi connectivity index (χ4n) is 3.08. The van der Waals surface area contributed by atoms with Gasteiger partial charge in [-0.05, 0) is 66.9 Å². The number of hydrogen-bond acceptors (Lipinski definition) is 3. The average molecular weight is 352 g/mol. The summed E-state index contributed by atoms with van der Waals surface area (Å²) in [6.45, 7) is 2.58. The van der Waals surface area contributed by atoms with Gasteiger partial charge >= 0.3 is 0 Å². The summed E-state index contributed by atoms with van der Waals surface area (Å²) in [5.74, 6) is -0.0104. The Bertz CT molecular complexity index is 924. The first-order chi connectivity index (χ1) is 12.6. The third kappa shape index (κ3) is 3.38. The van der Waals surface area contributed by atoms with Crippen molar-refractivity contribution in [3.63, 3.8) is 0 Å². The Morgan fingerprint density at radius 3 is 2.38 bits per heavy atom. The lowest BCUT2D eigenvalue weighted by atomic mass is 9.98. The highest BCUT2D eigenvalue weighted by Gasteiger charge is 2.20. The van der Waals surface area contributed by atoms with Crippen LogP contribution < -0.4 is 10.1 Å². The van der Waals surface area contributed by atoms with Crippen molar-refractivity contribution in [1.29, 1.82) is 0 Å². The average Bonchev–Trinajstić information content (AvgIpc) is 2.64. The molecule has 0 aliphatic carbocycles. The number of halogens is 2. The molecule has 1 atom stereocenters. The zero-order chi connectivity index (χ0) is 18.1. The lowest BCUT2D eigenvalue weighted by Crippen LogP contribution is -2.29. The van der Waals surface area contributed by atoms with E-state index in [0.717, 1.165) is 28.1 Å². The molecule has 132 valence electrons. The minimum atomic E-state index is -0.293. The summed E-state index contributed by atoms with van der Waals surface area (Å²) in [6.07, 6.45) is 0.587. The normalized spacial score (nSPS) is 15.7. The SMILES string of the molecule is CC1COc2nc(-c3ccc(F)cc3)c(Cc3ccc(F)cc3)cc2N1. The third-order valence-electron chi connectivity index (χ3n) is 4.36. The number of benzene rings is 2. The molecule has 5 heteroatoms. The minimum Gasteiger partial charge on any atom is -0.474 e. The molecule has 4 rings (SSSR count). The van der Waals surface area contributed by atoms with Gasteiger partial charge in [-0.1, -0.05) is 12.1 Å². The van der Waals surface area contributed by atoms with Crippen LogP contribution in [0, 0.1) is 11.6 Å². The van der Waals surface area contributed by atoms with E-state index < -0.39 is 0 Å². The largest absolute Gasteiger partial charge is 0.474 e. The molecule has 0 saturated carbocycles. The zero-order valence-corrected chi connectivity index (χ0v) is 14.3. The van der Waals surface area contributed by atoms with Gasteiger partial charge in [0.2, 0.25) is 5.88 Å². The predicted molar refractivity (Wildman–Crippen MR) is 97.4 cm³/mol. The Morgan fingerprint density at radius 2 is 1.69 bits per heavy atom. The van der Waals surface area contributed by atoms with Crippen LogP contribution in [0.1, 0.15) is 18.1 Å². The van der Waals surface area contributed by atoms with E-state index in [4.69, 9.17) is 4.74 Å². The highest BCUT2D eigenvalue weighted by Crippen LogP contribution is 2.34. The van der Waals surface area contributed by atoms with Crippen LogP contribution in [0.2, 0.25) is 0 Å². The Hall–Kier alpha value is -2.95. The van der Waals surface area contributed by atoms with E-state index in [9.17, 15) is 8.78 Å². The zero-order valence-electron chi connectivity index (χ0n) is 14.3. The van der Waals surface area contributed by atoms with Crippen molar-refractivity contribution in [3.8, 4) is 17.1 Å². The molecule has 2 aromatic carbocycles. The van der Waals surface area contributed by atoms with Gasteiger partial charge in [0.1, 0.15) is 18.2 Å². The number of anilines is 1. The van der Waals surface area contributed by atoms with Gasteiger partial charge in [-0.15, -0.1) is 0 Å². The smallest absolute Gasteiger partial charge is 0.238 e. The van der Waals surface area contributed by atoms with Crippen LogP contribution in [-0.4, -0.2) is 17.6 Å². The summed E-state index contributed by atoms with van der Waals surface area (Å²) in [5.41, 5.74) is 4.33. The van der Waals surface area contributed by atoms with Crippen LogP contribution >= 0.6 is 0 Å². The molecule has 1 aliphatic heterocycles. The van der Waals surface area contributed by atoms with E-state index in [1.807, 2.05) is 13.0 Å². The topological polar surface area (TPSA) is 34.1 Å². The Labute approximate surface area is 150 Å². The number of rotatable bonds is 3. The number of nitrogens with zero attached hydrogens (tertiary/aromatic N) is 1. The van der Waals surface area contributed by atoms with E-state index >= 15 is 0 Å². The highest BCUT2D eigenvalue weighted by atomic mass is 19.1. The maximum absolute atomic E-state index is 13.3. The van der Waals surface area contributed by atoms with Gasteiger partial charge in [-0.2, -0.15) is 0 Å². The second-order valence-corrected chi connectivity index (χ2v) is 6.52. The summed E-state index contributed by atoms with van der Waals surface area (Å²) in [6, 6.07) is 14.9. The molecule has 0 radical (unpaired) electrons. The predicted octanol–water partition coefficient (Wildman–Crippen LogP) is 4.81. The Balaban J connectivity index is 1.79. The van der Waals surface area contributed by atoms with Crippen molar-refractivity contribution in [2.45, 2.75) is 19.4 Å². The van der Waals surface area contributed by atoms with Gasteiger partial charge in [0, 0.05) is 5.56 Å². The maximum atomic E-state index is 13.3. The third-order valence-corrected chi connectivity index (χ3v) is 4.36. The fraction of sp³-hybridized carbons (Fsp3) is 0.190. The standard InChI is InChI=1S/C21H18F2N2O/c1-13-12-26-21-19(24-13)11-16(10-14-2-6-17(22)7-3-14)20(25-21)15-4-8-18(23)9-5-15/h2-9,11,13,24H,10,12H2,1H3. The van der Waals surface area contributed by atoms with Crippen molar-refractivity contribution >= 4 is 5.69 Å². The van der Waals surface area contributed by atoms with Crippen molar-refractivity contribution in [2.75, 3.05) is 11.9 Å². The van der Waals surface area contributed by atoms with Crippen LogP contribution in [-0.2, 0) is 6.42 Å². The van der Waals surface area contributed by atoms with Crippen molar-refractivity contribution in [2.24, 2.45) is 0 Å². The molecule has 0 saturated heterocycles. The first kappa shape index (κ1) is 16.5. The summed E-state index contributed by atoms with van der Waals surface area (Å²) in [5, 5.41) is 3.38. The van der Waals surface area contributed by atoms with Gasteiger partial charge < -0.3 is 10.1 Å². The Morgan fingerprint density at radius 1 is 1.04 bits per heavy atom. The first-order valence-corrected chi connectivity index (χ1v) is 8.52. The number of aromatic nitrogens is 1. The molecule has 2 heterocycles. The van der Waals surface area contributed by atoms with Gasteiger partial charge in [-0.25, -0.2) is 13.8 Å². The lowest BCUT2D eigenvalue weighted by molar-refractivity contribution is 0.280. The molecular weight excluding hydrogens is 334 g/mol. The van der Waals surface area contributed by atoms with Crippen LogP contribution in [0.25, 0.3) is 11.3 Å². The van der Waals surface area contributed by atoms with Gasteiger partial charge in [0.25, 0.3) is 0 Å². The number of pyridine rings is 1. The molecular formula is C21H18F2N2O. The monoisotopic (exact) mass is 352 g/mol. The molecule has 3 nitrogen and oxygen atoms in total. The lowest BCUT2D eigenvalue weighted by Gasteiger charge is -2.25. The first-order valence-electron chi connectivity index (χ1n) is 8.52. The van der Waals surface area contributed by atoms with Crippen LogP contribution in [0.15, 0.2) is 54.6 Å². The summed E-state index contributed by atoms with van der Waals surface area (Å²) in [4.78, 5) is 4.68. The Kier molecular flexibility index (Phi) is 4.29. The van der Waals surface area contributed by atoms with Crippen molar-refractivity contribution < 1.29 is 13.5 Å². The molecule has 0 fully saturated rings. The van der Waals surface area contributed by atoms with Crippen LogP contribution in [0.5, 0.6) is 5.88 Å². The van der Waals surface area contributed by atoms with Crippen LogP contribution in [0.3, 0.4) is 0 Å². The van der Waals surface area contributed by atoms with Gasteiger partial charge in [0.15, 0.2) is 0 Å². The van der Waals surface area contributed by atoms with E-state index in [0.29, 0.717) is 18.9 Å². The van der Waals surface area contributed by atoms with Crippen molar-refractivity contribution in [3.05, 3.63) is 77.4 Å². The number of hydrogen-bond donors (Lipinski definition) is 1. The van der Waals surface area contributed by atoms with E-state index in [2.05, 4.69) is 10.3 Å². The van der Waals surface area contributed by atoms with Gasteiger partial charge in [-0.3, -0.25) is 0 Å². The van der Waals surface area contributed by atoms with E-state index in [1.165, 1.54) is 24.3 Å². The number of fused-ring (bicyclic) bond motifs is 1. The molecule has 26 heavy (non-hydrogen) atoms. The van der Waals surface area contributed by atoms with E-state index in [1.54, 1.807) is 24.3 Å². The summed E-state index contributed by atoms with van der Waals surface area (Å²) < 4.78 is 32.3. The highest BCUT2D eigenvalue weighted by molar-refractivity contribution is 5.70. The molecule has 1 aromatic heterocycles. The number of nitrogens with one attached hydrogen (secondary N) is 1. The minimum absolute atomic E-state index is 0.194. The van der Waals surface area contributed by atoms with E-state index in [-0.39, 0.29) is 17.7 Å². The summed E-state index contributed by atoms with van der Waals surface area (Å²) in [7, 11) is 0.